The van der Waals surface area contributed by atoms with Crippen LogP contribution in [-0.4, -0.2) is 35.6 Å². The van der Waals surface area contributed by atoms with Gasteiger partial charge in [0, 0.05) is 45.0 Å². The van der Waals surface area contributed by atoms with Gasteiger partial charge in [0.1, 0.15) is 0 Å². The lowest BCUT2D eigenvalue weighted by Gasteiger charge is -2.21. The van der Waals surface area contributed by atoms with E-state index in [2.05, 4.69) is 10.4 Å². The van der Waals surface area contributed by atoms with Crippen molar-refractivity contribution in [3.05, 3.63) is 47.8 Å². The molecule has 0 saturated heterocycles. The first-order valence-electron chi connectivity index (χ1n) is 7.56. The average Bonchev–Trinajstić information content (AvgIpc) is 2.92. The zero-order valence-corrected chi connectivity index (χ0v) is 14.8. The lowest BCUT2D eigenvalue weighted by Crippen LogP contribution is -2.33. The van der Waals surface area contributed by atoms with Gasteiger partial charge in [-0.05, 0) is 31.5 Å². The number of aromatic nitrogens is 2. The van der Waals surface area contributed by atoms with Crippen molar-refractivity contribution in [2.45, 2.75) is 37.9 Å². The number of aryl methyl sites for hydroxylation is 1. The minimum absolute atomic E-state index is 0.0687. The third-order valence-electron chi connectivity index (χ3n) is 3.74. The molecular weight excluding hydrogens is 312 g/mol. The van der Waals surface area contributed by atoms with Gasteiger partial charge in [0.15, 0.2) is 0 Å². The lowest BCUT2D eigenvalue weighted by molar-refractivity contribution is 0.410. The van der Waals surface area contributed by atoms with Gasteiger partial charge in [0.2, 0.25) is 10.0 Å². The Morgan fingerprint density at radius 1 is 1.17 bits per heavy atom. The van der Waals surface area contributed by atoms with E-state index < -0.39 is 10.0 Å². The summed E-state index contributed by atoms with van der Waals surface area (Å²) in [5, 5.41) is 7.43. The zero-order chi connectivity index (χ0) is 17.0. The largest absolute Gasteiger partial charge is 0.309 e. The molecule has 23 heavy (non-hydrogen) atoms. The summed E-state index contributed by atoms with van der Waals surface area (Å²) in [6.45, 7) is 5.11. The molecule has 0 aliphatic heterocycles. The van der Waals surface area contributed by atoms with E-state index in [1.54, 1.807) is 23.9 Å². The maximum atomic E-state index is 12.4. The first-order chi connectivity index (χ1) is 10.8. The fourth-order valence-corrected chi connectivity index (χ4v) is 3.51. The van der Waals surface area contributed by atoms with E-state index >= 15 is 0 Å². The summed E-state index contributed by atoms with van der Waals surface area (Å²) in [6, 6.07) is 6.94. The fourth-order valence-electron chi connectivity index (χ4n) is 2.14. The average molecular weight is 336 g/mol. The quantitative estimate of drug-likeness (QED) is 0.836. The Morgan fingerprint density at radius 3 is 2.30 bits per heavy atom. The van der Waals surface area contributed by atoms with Crippen LogP contribution in [0.3, 0.4) is 0 Å². The van der Waals surface area contributed by atoms with Crippen LogP contribution in [0.25, 0.3) is 0 Å². The van der Waals surface area contributed by atoms with E-state index in [0.717, 1.165) is 17.7 Å². The van der Waals surface area contributed by atoms with Crippen molar-refractivity contribution in [2.24, 2.45) is 7.05 Å². The molecule has 126 valence electrons. The van der Waals surface area contributed by atoms with Gasteiger partial charge in [-0.25, -0.2) is 8.42 Å². The number of nitrogens with one attached hydrogen (secondary N) is 1. The van der Waals surface area contributed by atoms with Crippen molar-refractivity contribution in [1.82, 2.24) is 19.4 Å². The first kappa shape index (κ1) is 17.7. The summed E-state index contributed by atoms with van der Waals surface area (Å²) in [6.07, 6.45) is 3.79. The maximum Gasteiger partial charge on any atom is 0.243 e. The first-order valence-corrected chi connectivity index (χ1v) is 9.00. The van der Waals surface area contributed by atoms with Gasteiger partial charge in [-0.15, -0.1) is 0 Å². The second kappa shape index (κ2) is 7.25. The fraction of sp³-hybridized carbons (Fsp3) is 0.438. The van der Waals surface area contributed by atoms with Crippen LogP contribution < -0.4 is 5.32 Å². The third-order valence-corrected chi connectivity index (χ3v) is 5.79. The van der Waals surface area contributed by atoms with Crippen LogP contribution in [0.4, 0.5) is 0 Å². The summed E-state index contributed by atoms with van der Waals surface area (Å²) < 4.78 is 27.9. The van der Waals surface area contributed by atoms with Crippen LogP contribution in [0.15, 0.2) is 41.6 Å². The second-order valence-corrected chi connectivity index (χ2v) is 7.88. The van der Waals surface area contributed by atoms with Crippen LogP contribution in [0.5, 0.6) is 0 Å². The van der Waals surface area contributed by atoms with Gasteiger partial charge in [0.25, 0.3) is 0 Å². The number of benzene rings is 1. The van der Waals surface area contributed by atoms with Gasteiger partial charge < -0.3 is 5.32 Å². The minimum Gasteiger partial charge on any atom is -0.309 e. The molecule has 0 radical (unpaired) electrons. The topological polar surface area (TPSA) is 67.2 Å². The number of hydrogen-bond acceptors (Lipinski definition) is 4. The summed E-state index contributed by atoms with van der Waals surface area (Å²) >= 11 is 0. The van der Waals surface area contributed by atoms with Gasteiger partial charge in [-0.2, -0.15) is 9.40 Å². The van der Waals surface area contributed by atoms with Crippen LogP contribution in [0.2, 0.25) is 0 Å². The molecule has 0 saturated carbocycles. The minimum atomic E-state index is -3.41. The third kappa shape index (κ3) is 4.40. The Hall–Kier alpha value is -1.70. The Kier molecular flexibility index (Phi) is 5.56. The molecule has 0 atom stereocenters. The molecule has 1 aromatic heterocycles. The molecule has 0 spiro atoms. The highest BCUT2D eigenvalue weighted by Crippen LogP contribution is 2.17. The van der Waals surface area contributed by atoms with Gasteiger partial charge in [-0.3, -0.25) is 4.68 Å². The lowest BCUT2D eigenvalue weighted by atomic mass is 10.2. The molecule has 7 heteroatoms. The summed E-state index contributed by atoms with van der Waals surface area (Å²) in [4.78, 5) is 0.324. The van der Waals surface area contributed by atoms with E-state index in [4.69, 9.17) is 0 Å². The molecule has 1 heterocycles. The Balaban J connectivity index is 1.96. The van der Waals surface area contributed by atoms with Crippen LogP contribution >= 0.6 is 0 Å². The predicted molar refractivity (Wildman–Crippen MR) is 90.3 cm³/mol. The molecule has 1 N–H and O–H groups in total. The van der Waals surface area contributed by atoms with Crippen LogP contribution in [0.1, 0.15) is 25.0 Å². The SMILES string of the molecule is CC(C)N(C)S(=O)(=O)c1ccc(CNCc2cnn(C)c2)cc1. The molecule has 0 amide bonds. The highest BCUT2D eigenvalue weighted by Gasteiger charge is 2.22. The number of hydrogen-bond donors (Lipinski definition) is 1. The van der Waals surface area contributed by atoms with Crippen molar-refractivity contribution >= 4 is 10.0 Å². The number of nitrogens with zero attached hydrogens (tertiary/aromatic N) is 3. The Bertz CT molecular complexity index is 736. The van der Waals surface area contributed by atoms with E-state index in [1.165, 1.54) is 4.31 Å². The highest BCUT2D eigenvalue weighted by molar-refractivity contribution is 7.89. The van der Waals surface area contributed by atoms with Gasteiger partial charge >= 0.3 is 0 Å². The highest BCUT2D eigenvalue weighted by atomic mass is 32.2. The monoisotopic (exact) mass is 336 g/mol. The molecular formula is C16H24N4O2S. The smallest absolute Gasteiger partial charge is 0.243 e. The van der Waals surface area contributed by atoms with Crippen LogP contribution in [-0.2, 0) is 30.2 Å². The molecule has 1 aromatic carbocycles. The molecule has 0 aliphatic rings. The van der Waals surface area contributed by atoms with E-state index in [-0.39, 0.29) is 6.04 Å². The van der Waals surface area contributed by atoms with E-state index in [1.807, 2.05) is 45.4 Å². The summed E-state index contributed by atoms with van der Waals surface area (Å²) in [5.74, 6) is 0. The molecule has 6 nitrogen and oxygen atoms in total. The number of rotatable bonds is 7. The second-order valence-electron chi connectivity index (χ2n) is 5.88. The summed E-state index contributed by atoms with van der Waals surface area (Å²) in [7, 11) is 0.0725. The van der Waals surface area contributed by atoms with Gasteiger partial charge in [-0.1, -0.05) is 12.1 Å². The van der Waals surface area contributed by atoms with Crippen molar-refractivity contribution in [3.63, 3.8) is 0 Å². The van der Waals surface area contributed by atoms with Crippen LogP contribution in [0, 0.1) is 0 Å². The normalized spacial score (nSPS) is 12.3. The molecule has 2 aromatic rings. The van der Waals surface area contributed by atoms with Crippen molar-refractivity contribution in [1.29, 1.82) is 0 Å². The molecule has 0 fully saturated rings. The Labute approximate surface area is 138 Å². The molecule has 2 rings (SSSR count). The van der Waals surface area contributed by atoms with Crippen molar-refractivity contribution in [2.75, 3.05) is 7.05 Å². The zero-order valence-electron chi connectivity index (χ0n) is 14.0. The van der Waals surface area contributed by atoms with E-state index in [0.29, 0.717) is 11.4 Å². The molecule has 0 bridgehead atoms. The Morgan fingerprint density at radius 2 is 1.78 bits per heavy atom. The maximum absolute atomic E-state index is 12.4. The standard InChI is InChI=1S/C16H24N4O2S/c1-13(2)20(4)23(21,22)16-7-5-14(6-8-16)9-17-10-15-11-18-19(3)12-15/h5-8,11-13,17H,9-10H2,1-4H3. The molecule has 0 aliphatic carbocycles. The predicted octanol–water partition coefficient (Wildman–Crippen LogP) is 1.74. The summed E-state index contributed by atoms with van der Waals surface area (Å²) in [5.41, 5.74) is 2.16. The molecule has 0 unspecified atom stereocenters. The van der Waals surface area contributed by atoms with E-state index in [9.17, 15) is 8.42 Å². The van der Waals surface area contributed by atoms with Crippen molar-refractivity contribution < 1.29 is 8.42 Å². The van der Waals surface area contributed by atoms with Gasteiger partial charge in [0.05, 0.1) is 11.1 Å². The number of sulfonamides is 1. The van der Waals surface area contributed by atoms with Crippen molar-refractivity contribution in [3.8, 4) is 0 Å².